The molecule has 0 bridgehead atoms. The Morgan fingerprint density at radius 2 is 2.00 bits per heavy atom. The minimum atomic E-state index is 0. The Kier molecular flexibility index (Phi) is 4.86. The van der Waals surface area contributed by atoms with E-state index in [0.717, 1.165) is 13.1 Å². The molecule has 0 amide bonds. The maximum Gasteiger partial charge on any atom is 0.0272 e. The molecule has 2 rings (SSSR count). The van der Waals surface area contributed by atoms with Crippen LogP contribution in [-0.2, 0) is 0 Å². The van der Waals surface area contributed by atoms with E-state index in [2.05, 4.69) is 5.32 Å². The molecule has 3 N–H and O–H groups in total. The number of hydrogen-bond donors (Lipinski definition) is 2. The molecule has 1 unspecified atom stereocenters. The van der Waals surface area contributed by atoms with Gasteiger partial charge < -0.3 is 11.1 Å². The van der Waals surface area contributed by atoms with Crippen LogP contribution in [0.3, 0.4) is 0 Å². The summed E-state index contributed by atoms with van der Waals surface area (Å²) in [6.45, 7) is 2.15. The molecule has 0 radical (unpaired) electrons. The van der Waals surface area contributed by atoms with E-state index >= 15 is 0 Å². The van der Waals surface area contributed by atoms with Crippen LogP contribution in [-0.4, -0.2) is 19.1 Å². The highest BCUT2D eigenvalue weighted by atomic mass is 79.9. The highest BCUT2D eigenvalue weighted by Gasteiger charge is 2.24. The largest absolute Gasteiger partial charge is 0.324 e. The summed E-state index contributed by atoms with van der Waals surface area (Å²) in [6.07, 6.45) is 2.43. The standard InChI is InChI=1S/C7H12N2.2BrH/c8-7-2-1-5-3-9-4-6(5)7;;/h7,9H,1-4,8H2;2*1H. The number of hydrogen-bond acceptors (Lipinski definition) is 2. The van der Waals surface area contributed by atoms with E-state index in [-0.39, 0.29) is 34.0 Å². The summed E-state index contributed by atoms with van der Waals surface area (Å²) in [6, 6.07) is 0.384. The van der Waals surface area contributed by atoms with Gasteiger partial charge in [0.05, 0.1) is 0 Å². The van der Waals surface area contributed by atoms with Gasteiger partial charge in [-0.1, -0.05) is 5.57 Å². The zero-order valence-corrected chi connectivity index (χ0v) is 9.73. The van der Waals surface area contributed by atoms with Crippen LogP contribution in [0.4, 0.5) is 0 Å². The van der Waals surface area contributed by atoms with Gasteiger partial charge in [0.25, 0.3) is 0 Å². The summed E-state index contributed by atoms with van der Waals surface area (Å²) in [4.78, 5) is 0. The van der Waals surface area contributed by atoms with Crippen LogP contribution in [0.2, 0.25) is 0 Å². The summed E-state index contributed by atoms with van der Waals surface area (Å²) < 4.78 is 0. The van der Waals surface area contributed by atoms with Crippen LogP contribution in [0.15, 0.2) is 11.1 Å². The summed E-state index contributed by atoms with van der Waals surface area (Å²) in [5.41, 5.74) is 8.90. The first-order valence-corrected chi connectivity index (χ1v) is 3.55. The maximum absolute atomic E-state index is 5.82. The van der Waals surface area contributed by atoms with E-state index in [1.807, 2.05) is 0 Å². The predicted molar refractivity (Wildman–Crippen MR) is 57.7 cm³/mol. The van der Waals surface area contributed by atoms with E-state index in [1.165, 1.54) is 18.4 Å². The fourth-order valence-corrected chi connectivity index (χ4v) is 1.73. The van der Waals surface area contributed by atoms with Gasteiger partial charge in [-0.2, -0.15) is 0 Å². The lowest BCUT2D eigenvalue weighted by atomic mass is 10.1. The first-order chi connectivity index (χ1) is 4.38. The van der Waals surface area contributed by atoms with Crippen LogP contribution < -0.4 is 11.1 Å². The van der Waals surface area contributed by atoms with Crippen molar-refractivity contribution in [3.8, 4) is 0 Å². The minimum absolute atomic E-state index is 0. The van der Waals surface area contributed by atoms with Crippen molar-refractivity contribution < 1.29 is 0 Å². The lowest BCUT2D eigenvalue weighted by Gasteiger charge is -2.04. The predicted octanol–water partition coefficient (Wildman–Crippen LogP) is 1.16. The van der Waals surface area contributed by atoms with Crippen molar-refractivity contribution >= 4 is 34.0 Å². The van der Waals surface area contributed by atoms with Crippen molar-refractivity contribution in [2.45, 2.75) is 18.9 Å². The first-order valence-electron chi connectivity index (χ1n) is 3.55. The quantitative estimate of drug-likeness (QED) is 0.656. The molecule has 0 aromatic rings. The molecule has 11 heavy (non-hydrogen) atoms. The highest BCUT2D eigenvalue weighted by molar-refractivity contribution is 8.93. The third kappa shape index (κ3) is 2.05. The Bertz CT molecular complexity index is 168. The molecule has 2 nitrogen and oxygen atoms in total. The third-order valence-electron chi connectivity index (χ3n) is 2.31. The fourth-order valence-electron chi connectivity index (χ4n) is 1.73. The zero-order chi connectivity index (χ0) is 6.27. The topological polar surface area (TPSA) is 38.0 Å². The normalized spacial score (nSPS) is 27.5. The number of halogens is 2. The van der Waals surface area contributed by atoms with Gasteiger partial charge in [-0.05, 0) is 18.4 Å². The smallest absolute Gasteiger partial charge is 0.0272 e. The third-order valence-corrected chi connectivity index (χ3v) is 2.31. The molecule has 1 aliphatic carbocycles. The minimum Gasteiger partial charge on any atom is -0.324 e. The lowest BCUT2D eigenvalue weighted by molar-refractivity contribution is 0.689. The van der Waals surface area contributed by atoms with Gasteiger partial charge in [0.15, 0.2) is 0 Å². The Hall–Kier alpha value is 0.620. The lowest BCUT2D eigenvalue weighted by Crippen LogP contribution is -2.23. The van der Waals surface area contributed by atoms with E-state index in [4.69, 9.17) is 5.73 Å². The molecule has 1 atom stereocenters. The molecule has 1 heterocycles. The zero-order valence-electron chi connectivity index (χ0n) is 6.30. The Morgan fingerprint density at radius 1 is 1.27 bits per heavy atom. The van der Waals surface area contributed by atoms with Crippen molar-refractivity contribution in [2.24, 2.45) is 5.73 Å². The molecule has 4 heteroatoms. The first kappa shape index (κ1) is 11.6. The van der Waals surface area contributed by atoms with E-state index in [1.54, 1.807) is 5.57 Å². The number of nitrogens with two attached hydrogens (primary N) is 1. The SMILES string of the molecule is Br.Br.NC1CCC2=C1CNC2. The molecule has 0 saturated carbocycles. The molecular weight excluding hydrogens is 272 g/mol. The Labute approximate surface area is 88.1 Å². The summed E-state index contributed by atoms with van der Waals surface area (Å²) in [5.74, 6) is 0. The van der Waals surface area contributed by atoms with Crippen molar-refractivity contribution in [1.82, 2.24) is 5.32 Å². The maximum atomic E-state index is 5.82. The van der Waals surface area contributed by atoms with Crippen LogP contribution >= 0.6 is 34.0 Å². The molecule has 0 aromatic heterocycles. The van der Waals surface area contributed by atoms with Crippen LogP contribution in [0.25, 0.3) is 0 Å². The molecular formula is C7H14Br2N2. The molecule has 0 aromatic carbocycles. The van der Waals surface area contributed by atoms with Crippen molar-refractivity contribution in [2.75, 3.05) is 13.1 Å². The van der Waals surface area contributed by atoms with Gasteiger partial charge in [-0.25, -0.2) is 0 Å². The van der Waals surface area contributed by atoms with E-state index < -0.39 is 0 Å². The Balaban J connectivity index is 0.000000500. The molecule has 0 fully saturated rings. The molecule has 2 aliphatic rings. The monoisotopic (exact) mass is 284 g/mol. The van der Waals surface area contributed by atoms with Crippen LogP contribution in [0, 0.1) is 0 Å². The van der Waals surface area contributed by atoms with Crippen molar-refractivity contribution in [3.05, 3.63) is 11.1 Å². The molecule has 0 saturated heterocycles. The fraction of sp³-hybridized carbons (Fsp3) is 0.714. The second-order valence-electron chi connectivity index (χ2n) is 2.88. The van der Waals surface area contributed by atoms with Gasteiger partial charge in [-0.15, -0.1) is 34.0 Å². The second kappa shape index (κ2) is 4.60. The average Bonchev–Trinajstić information content (AvgIpc) is 2.35. The van der Waals surface area contributed by atoms with Gasteiger partial charge in [0.1, 0.15) is 0 Å². The summed E-state index contributed by atoms with van der Waals surface area (Å²) >= 11 is 0. The van der Waals surface area contributed by atoms with Crippen LogP contribution in [0.1, 0.15) is 12.8 Å². The van der Waals surface area contributed by atoms with Crippen molar-refractivity contribution in [1.29, 1.82) is 0 Å². The Morgan fingerprint density at radius 3 is 2.64 bits per heavy atom. The second-order valence-corrected chi connectivity index (χ2v) is 2.88. The molecule has 66 valence electrons. The average molecular weight is 286 g/mol. The summed E-state index contributed by atoms with van der Waals surface area (Å²) in [7, 11) is 0. The van der Waals surface area contributed by atoms with E-state index in [0.29, 0.717) is 6.04 Å². The van der Waals surface area contributed by atoms with Crippen LogP contribution in [0.5, 0.6) is 0 Å². The number of nitrogens with one attached hydrogen (secondary N) is 1. The van der Waals surface area contributed by atoms with Gasteiger partial charge in [-0.3, -0.25) is 0 Å². The molecule has 1 aliphatic heterocycles. The summed E-state index contributed by atoms with van der Waals surface area (Å²) in [5, 5.41) is 3.30. The van der Waals surface area contributed by atoms with E-state index in [9.17, 15) is 0 Å². The highest BCUT2D eigenvalue weighted by Crippen LogP contribution is 2.26. The number of rotatable bonds is 0. The van der Waals surface area contributed by atoms with Gasteiger partial charge in [0.2, 0.25) is 0 Å². The van der Waals surface area contributed by atoms with Crippen molar-refractivity contribution in [3.63, 3.8) is 0 Å². The van der Waals surface area contributed by atoms with Gasteiger partial charge >= 0.3 is 0 Å². The van der Waals surface area contributed by atoms with Gasteiger partial charge in [0, 0.05) is 19.1 Å². The molecule has 0 spiro atoms.